The predicted octanol–water partition coefficient (Wildman–Crippen LogP) is 2.52. The summed E-state index contributed by atoms with van der Waals surface area (Å²) in [4.78, 5) is 0. The summed E-state index contributed by atoms with van der Waals surface area (Å²) in [5.74, 6) is 0. The van der Waals surface area contributed by atoms with Gasteiger partial charge in [-0.15, -0.1) is 0 Å². The van der Waals surface area contributed by atoms with Gasteiger partial charge in [0.1, 0.15) is 0 Å². The van der Waals surface area contributed by atoms with Crippen LogP contribution in [0.25, 0.3) is 0 Å². The van der Waals surface area contributed by atoms with Crippen molar-refractivity contribution in [3.63, 3.8) is 0 Å². The Morgan fingerprint density at radius 3 is 3.00 bits per heavy atom. The van der Waals surface area contributed by atoms with Gasteiger partial charge >= 0.3 is 0 Å². The molecule has 1 fully saturated rings. The van der Waals surface area contributed by atoms with E-state index in [4.69, 9.17) is 0 Å². The second-order valence-corrected chi connectivity index (χ2v) is 6.11. The van der Waals surface area contributed by atoms with Crippen LogP contribution in [0.2, 0.25) is 0 Å². The Hall–Kier alpha value is -0.830. The van der Waals surface area contributed by atoms with Crippen molar-refractivity contribution in [2.24, 2.45) is 12.5 Å². The molecule has 1 aliphatic rings. The summed E-state index contributed by atoms with van der Waals surface area (Å²) >= 11 is 0. The molecule has 0 aromatic carbocycles. The molecule has 1 unspecified atom stereocenters. The molecule has 1 aromatic rings. The van der Waals surface area contributed by atoms with Crippen LogP contribution >= 0.6 is 0 Å². The highest BCUT2D eigenvalue weighted by atomic mass is 15.3. The smallest absolute Gasteiger partial charge is 0.0492 e. The summed E-state index contributed by atoms with van der Waals surface area (Å²) in [6.45, 7) is 5.85. The average molecular weight is 235 g/mol. The summed E-state index contributed by atoms with van der Waals surface area (Å²) in [5.41, 5.74) is 1.84. The van der Waals surface area contributed by atoms with E-state index in [1.54, 1.807) is 0 Å². The van der Waals surface area contributed by atoms with E-state index >= 15 is 0 Å². The zero-order valence-electron chi connectivity index (χ0n) is 11.4. The number of aryl methyl sites for hydroxylation is 1. The first-order chi connectivity index (χ1) is 8.07. The minimum atomic E-state index is 0.530. The van der Waals surface area contributed by atoms with Crippen LogP contribution in [0.15, 0.2) is 12.3 Å². The van der Waals surface area contributed by atoms with Crippen LogP contribution in [0.3, 0.4) is 0 Å². The minimum Gasteiger partial charge on any atom is -0.314 e. The molecular formula is C14H25N3. The number of nitrogens with zero attached hydrogens (tertiary/aromatic N) is 2. The van der Waals surface area contributed by atoms with Crippen molar-refractivity contribution in [2.45, 2.75) is 52.0 Å². The second-order valence-electron chi connectivity index (χ2n) is 6.11. The van der Waals surface area contributed by atoms with E-state index in [0.717, 1.165) is 13.0 Å². The van der Waals surface area contributed by atoms with E-state index in [1.807, 2.05) is 17.9 Å². The molecule has 1 atom stereocenters. The highest BCUT2D eigenvalue weighted by molar-refractivity contribution is 5.00. The van der Waals surface area contributed by atoms with Gasteiger partial charge in [0, 0.05) is 37.9 Å². The van der Waals surface area contributed by atoms with Crippen LogP contribution < -0.4 is 5.32 Å². The largest absolute Gasteiger partial charge is 0.314 e. The van der Waals surface area contributed by atoms with Gasteiger partial charge in [-0.1, -0.05) is 20.3 Å². The van der Waals surface area contributed by atoms with Crippen molar-refractivity contribution in [2.75, 3.05) is 6.54 Å². The summed E-state index contributed by atoms with van der Waals surface area (Å²) in [6.07, 6.45) is 8.36. The van der Waals surface area contributed by atoms with Crippen LogP contribution in [-0.4, -0.2) is 22.4 Å². The number of aromatic nitrogens is 2. The fourth-order valence-corrected chi connectivity index (χ4v) is 2.92. The lowest BCUT2D eigenvalue weighted by atomic mass is 9.75. The Balaban J connectivity index is 1.74. The van der Waals surface area contributed by atoms with Gasteiger partial charge in [0.05, 0.1) is 0 Å². The van der Waals surface area contributed by atoms with Gasteiger partial charge in [-0.2, -0.15) is 5.10 Å². The molecule has 0 spiro atoms. The van der Waals surface area contributed by atoms with Crippen molar-refractivity contribution in [1.29, 1.82) is 0 Å². The van der Waals surface area contributed by atoms with Crippen molar-refractivity contribution in [1.82, 2.24) is 15.1 Å². The van der Waals surface area contributed by atoms with Crippen LogP contribution in [0.5, 0.6) is 0 Å². The molecule has 17 heavy (non-hydrogen) atoms. The SMILES string of the molecule is Cn1nccc1CCNC1CCCC(C)(C)C1. The average Bonchev–Trinajstić information content (AvgIpc) is 2.63. The third-order valence-corrected chi connectivity index (χ3v) is 3.94. The van der Waals surface area contributed by atoms with Crippen LogP contribution in [0.4, 0.5) is 0 Å². The molecule has 1 aliphatic carbocycles. The maximum atomic E-state index is 4.19. The molecule has 1 saturated carbocycles. The molecule has 1 N–H and O–H groups in total. The number of hydrogen-bond acceptors (Lipinski definition) is 2. The third-order valence-electron chi connectivity index (χ3n) is 3.94. The molecule has 0 saturated heterocycles. The molecular weight excluding hydrogens is 210 g/mol. The molecule has 1 aromatic heterocycles. The van der Waals surface area contributed by atoms with Crippen LogP contribution in [0, 0.1) is 5.41 Å². The van der Waals surface area contributed by atoms with Gasteiger partial charge in [0.25, 0.3) is 0 Å². The molecule has 1 heterocycles. The van der Waals surface area contributed by atoms with Crippen molar-refractivity contribution in [3.8, 4) is 0 Å². The maximum absolute atomic E-state index is 4.19. The second kappa shape index (κ2) is 5.21. The lowest BCUT2D eigenvalue weighted by Crippen LogP contribution is -2.38. The Morgan fingerprint density at radius 1 is 1.53 bits per heavy atom. The molecule has 3 heteroatoms. The summed E-state index contributed by atoms with van der Waals surface area (Å²) in [6, 6.07) is 2.82. The van der Waals surface area contributed by atoms with E-state index in [9.17, 15) is 0 Å². The summed E-state index contributed by atoms with van der Waals surface area (Å²) < 4.78 is 1.96. The van der Waals surface area contributed by atoms with E-state index in [-0.39, 0.29) is 0 Å². The number of nitrogens with one attached hydrogen (secondary N) is 1. The summed E-state index contributed by atoms with van der Waals surface area (Å²) in [7, 11) is 2.01. The Morgan fingerprint density at radius 2 is 2.35 bits per heavy atom. The van der Waals surface area contributed by atoms with Gasteiger partial charge in [-0.05, 0) is 30.7 Å². The summed E-state index contributed by atoms with van der Waals surface area (Å²) in [5, 5.41) is 7.90. The zero-order valence-corrected chi connectivity index (χ0v) is 11.4. The quantitative estimate of drug-likeness (QED) is 0.869. The van der Waals surface area contributed by atoms with Crippen molar-refractivity contribution in [3.05, 3.63) is 18.0 Å². The molecule has 0 aliphatic heterocycles. The first-order valence-corrected chi connectivity index (χ1v) is 6.77. The fourth-order valence-electron chi connectivity index (χ4n) is 2.92. The van der Waals surface area contributed by atoms with Gasteiger partial charge in [-0.3, -0.25) is 4.68 Å². The number of rotatable bonds is 4. The molecule has 0 amide bonds. The highest BCUT2D eigenvalue weighted by Gasteiger charge is 2.27. The molecule has 0 bridgehead atoms. The topological polar surface area (TPSA) is 29.9 Å². The monoisotopic (exact) mass is 235 g/mol. The van der Waals surface area contributed by atoms with E-state index in [2.05, 4.69) is 30.3 Å². The first-order valence-electron chi connectivity index (χ1n) is 6.77. The predicted molar refractivity (Wildman–Crippen MR) is 71.0 cm³/mol. The standard InChI is InChI=1S/C14H25N3/c1-14(2)8-4-5-12(11-14)15-9-6-13-7-10-16-17(13)3/h7,10,12,15H,4-6,8-9,11H2,1-3H3. The zero-order chi connectivity index (χ0) is 12.3. The van der Waals surface area contributed by atoms with Crippen molar-refractivity contribution < 1.29 is 0 Å². The lowest BCUT2D eigenvalue weighted by molar-refractivity contribution is 0.199. The van der Waals surface area contributed by atoms with Crippen LogP contribution in [-0.2, 0) is 13.5 Å². The van der Waals surface area contributed by atoms with Crippen LogP contribution in [0.1, 0.15) is 45.2 Å². The molecule has 2 rings (SSSR count). The van der Waals surface area contributed by atoms with Gasteiger partial charge in [-0.25, -0.2) is 0 Å². The molecule has 3 nitrogen and oxygen atoms in total. The molecule has 96 valence electrons. The van der Waals surface area contributed by atoms with Gasteiger partial charge in [0.15, 0.2) is 0 Å². The third kappa shape index (κ3) is 3.56. The van der Waals surface area contributed by atoms with Gasteiger partial charge in [0.2, 0.25) is 0 Å². The minimum absolute atomic E-state index is 0.530. The Bertz CT molecular complexity index is 354. The fraction of sp³-hybridized carbons (Fsp3) is 0.786. The lowest BCUT2D eigenvalue weighted by Gasteiger charge is -2.35. The molecule has 0 radical (unpaired) electrons. The Labute approximate surface area is 105 Å². The number of hydrogen-bond donors (Lipinski definition) is 1. The van der Waals surface area contributed by atoms with E-state index in [0.29, 0.717) is 11.5 Å². The van der Waals surface area contributed by atoms with Gasteiger partial charge < -0.3 is 5.32 Å². The highest BCUT2D eigenvalue weighted by Crippen LogP contribution is 2.34. The van der Waals surface area contributed by atoms with E-state index in [1.165, 1.54) is 31.4 Å². The first kappa shape index (κ1) is 12.6. The Kier molecular flexibility index (Phi) is 3.87. The normalized spacial score (nSPS) is 23.8. The maximum Gasteiger partial charge on any atom is 0.0492 e. The van der Waals surface area contributed by atoms with E-state index < -0.39 is 0 Å². The van der Waals surface area contributed by atoms with Crippen molar-refractivity contribution >= 4 is 0 Å².